The maximum absolute atomic E-state index is 12.5. The van der Waals surface area contributed by atoms with Crippen LogP contribution in [0.5, 0.6) is 5.75 Å². The molecule has 0 aromatic heterocycles. The molecule has 1 aliphatic carbocycles. The van der Waals surface area contributed by atoms with Gasteiger partial charge in [-0.3, -0.25) is 4.79 Å². The lowest BCUT2D eigenvalue weighted by Crippen LogP contribution is -2.46. The van der Waals surface area contributed by atoms with Crippen molar-refractivity contribution in [1.29, 1.82) is 0 Å². The van der Waals surface area contributed by atoms with Gasteiger partial charge >= 0.3 is 5.97 Å². The highest BCUT2D eigenvalue weighted by Gasteiger charge is 2.26. The first-order valence-corrected chi connectivity index (χ1v) is 8.97. The summed E-state index contributed by atoms with van der Waals surface area (Å²) in [4.78, 5) is 26.1. The zero-order valence-electron chi connectivity index (χ0n) is 14.3. The molecule has 1 amide bonds. The SMILES string of the molecule is Cc1ccc2c(c1)OC(=O)CN2CC(=O)NC1CCCCCCC1. The molecule has 1 fully saturated rings. The minimum atomic E-state index is -0.313. The van der Waals surface area contributed by atoms with E-state index in [0.29, 0.717) is 5.75 Å². The zero-order valence-corrected chi connectivity index (χ0v) is 14.3. The summed E-state index contributed by atoms with van der Waals surface area (Å²) in [7, 11) is 0. The topological polar surface area (TPSA) is 58.6 Å². The third-order valence-electron chi connectivity index (χ3n) is 4.80. The number of aryl methyl sites for hydroxylation is 1. The van der Waals surface area contributed by atoms with E-state index >= 15 is 0 Å². The Bertz CT molecular complexity index is 607. The van der Waals surface area contributed by atoms with Crippen LogP contribution >= 0.6 is 0 Å². The molecule has 0 unspecified atom stereocenters. The van der Waals surface area contributed by atoms with Crippen molar-refractivity contribution in [2.24, 2.45) is 0 Å². The van der Waals surface area contributed by atoms with Gasteiger partial charge in [0, 0.05) is 6.04 Å². The average molecular weight is 330 g/mol. The summed E-state index contributed by atoms with van der Waals surface area (Å²) in [6.45, 7) is 2.27. The molecule has 0 atom stereocenters. The Morgan fingerprint density at radius 2 is 1.92 bits per heavy atom. The summed E-state index contributed by atoms with van der Waals surface area (Å²) >= 11 is 0. The number of rotatable bonds is 3. The van der Waals surface area contributed by atoms with Crippen molar-refractivity contribution in [3.63, 3.8) is 0 Å². The molecule has 0 spiro atoms. The molecule has 24 heavy (non-hydrogen) atoms. The van der Waals surface area contributed by atoms with Crippen molar-refractivity contribution < 1.29 is 14.3 Å². The number of hydrogen-bond acceptors (Lipinski definition) is 4. The number of esters is 1. The van der Waals surface area contributed by atoms with Crippen LogP contribution in [0.3, 0.4) is 0 Å². The van der Waals surface area contributed by atoms with Gasteiger partial charge in [0.2, 0.25) is 5.91 Å². The van der Waals surface area contributed by atoms with Gasteiger partial charge in [-0.25, -0.2) is 4.79 Å². The summed E-state index contributed by atoms with van der Waals surface area (Å²) in [6, 6.07) is 6.00. The molecule has 2 aliphatic rings. The van der Waals surface area contributed by atoms with E-state index in [0.717, 1.165) is 24.1 Å². The van der Waals surface area contributed by atoms with Crippen molar-refractivity contribution >= 4 is 17.6 Å². The zero-order chi connectivity index (χ0) is 16.9. The average Bonchev–Trinajstić information content (AvgIpc) is 2.49. The third-order valence-corrected chi connectivity index (χ3v) is 4.80. The van der Waals surface area contributed by atoms with Gasteiger partial charge < -0.3 is 15.0 Å². The van der Waals surface area contributed by atoms with Crippen LogP contribution in [0.15, 0.2) is 18.2 Å². The molecule has 1 aromatic rings. The largest absolute Gasteiger partial charge is 0.423 e. The fourth-order valence-electron chi connectivity index (χ4n) is 3.55. The van der Waals surface area contributed by atoms with Crippen LogP contribution in [0.2, 0.25) is 0 Å². The Morgan fingerprint density at radius 1 is 1.21 bits per heavy atom. The number of ether oxygens (including phenoxy) is 1. The summed E-state index contributed by atoms with van der Waals surface area (Å²) < 4.78 is 5.29. The molecule has 0 bridgehead atoms. The first kappa shape index (κ1) is 16.8. The van der Waals surface area contributed by atoms with Crippen molar-refractivity contribution in [2.75, 3.05) is 18.0 Å². The van der Waals surface area contributed by atoms with Gasteiger partial charge in [0.05, 0.1) is 12.2 Å². The molecule has 0 radical (unpaired) electrons. The number of nitrogens with one attached hydrogen (secondary N) is 1. The van der Waals surface area contributed by atoms with Gasteiger partial charge in [0.25, 0.3) is 0 Å². The van der Waals surface area contributed by atoms with Crippen molar-refractivity contribution in [2.45, 2.75) is 57.9 Å². The first-order chi connectivity index (χ1) is 11.6. The van der Waals surface area contributed by atoms with Crippen molar-refractivity contribution in [1.82, 2.24) is 5.32 Å². The minimum Gasteiger partial charge on any atom is -0.423 e. The minimum absolute atomic E-state index is 0.0122. The standard InChI is InChI=1S/C19H26N2O3/c1-14-9-10-16-17(11-14)24-19(23)13-21(16)12-18(22)20-15-7-5-3-2-4-6-8-15/h9-11,15H,2-8,12-13H2,1H3,(H,20,22). The maximum atomic E-state index is 12.5. The van der Waals surface area contributed by atoms with E-state index in [2.05, 4.69) is 5.32 Å². The molecule has 3 rings (SSSR count). The number of amides is 1. The molecule has 1 N–H and O–H groups in total. The highest BCUT2D eigenvalue weighted by molar-refractivity contribution is 5.89. The third kappa shape index (κ3) is 4.28. The number of carbonyl (C=O) groups excluding carboxylic acids is 2. The van der Waals surface area contributed by atoms with Gasteiger partial charge in [-0.15, -0.1) is 0 Å². The number of hydrogen-bond donors (Lipinski definition) is 1. The lowest BCUT2D eigenvalue weighted by atomic mass is 9.97. The molecular weight excluding hydrogens is 304 g/mol. The number of nitrogens with zero attached hydrogens (tertiary/aromatic N) is 1. The van der Waals surface area contributed by atoms with E-state index in [4.69, 9.17) is 4.74 Å². The van der Waals surface area contributed by atoms with Gasteiger partial charge in [0.15, 0.2) is 5.75 Å². The Kier molecular flexibility index (Phi) is 5.38. The molecule has 1 heterocycles. The van der Waals surface area contributed by atoms with Crippen LogP contribution in [0.4, 0.5) is 5.69 Å². The Morgan fingerprint density at radius 3 is 2.67 bits per heavy atom. The predicted molar refractivity (Wildman–Crippen MR) is 93.3 cm³/mol. The summed E-state index contributed by atoms with van der Waals surface area (Å²) in [5.74, 6) is 0.221. The molecule has 130 valence electrons. The summed E-state index contributed by atoms with van der Waals surface area (Å²) in [5.41, 5.74) is 1.84. The van der Waals surface area contributed by atoms with Crippen LogP contribution in [-0.2, 0) is 9.59 Å². The van der Waals surface area contributed by atoms with Gasteiger partial charge in [-0.2, -0.15) is 0 Å². The monoisotopic (exact) mass is 330 g/mol. The molecule has 1 aromatic carbocycles. The van der Waals surface area contributed by atoms with E-state index in [1.54, 1.807) is 4.90 Å². The normalized spacial score (nSPS) is 19.0. The number of anilines is 1. The van der Waals surface area contributed by atoms with Gasteiger partial charge in [-0.05, 0) is 37.5 Å². The van der Waals surface area contributed by atoms with Crippen molar-refractivity contribution in [3.8, 4) is 5.75 Å². The second-order valence-corrected chi connectivity index (χ2v) is 6.91. The fraction of sp³-hybridized carbons (Fsp3) is 0.579. The lowest BCUT2D eigenvalue weighted by molar-refractivity contribution is -0.133. The Balaban J connectivity index is 1.62. The first-order valence-electron chi connectivity index (χ1n) is 8.97. The van der Waals surface area contributed by atoms with E-state index in [9.17, 15) is 9.59 Å². The molecular formula is C19H26N2O3. The van der Waals surface area contributed by atoms with E-state index in [-0.39, 0.29) is 31.0 Å². The second kappa shape index (κ2) is 7.69. The lowest BCUT2D eigenvalue weighted by Gasteiger charge is -2.30. The highest BCUT2D eigenvalue weighted by atomic mass is 16.5. The van der Waals surface area contributed by atoms with E-state index < -0.39 is 0 Å². The molecule has 1 saturated carbocycles. The van der Waals surface area contributed by atoms with E-state index in [1.807, 2.05) is 25.1 Å². The molecule has 5 heteroatoms. The quantitative estimate of drug-likeness (QED) is 0.684. The predicted octanol–water partition coefficient (Wildman–Crippen LogP) is 2.95. The number of fused-ring (bicyclic) bond motifs is 1. The smallest absolute Gasteiger partial charge is 0.331 e. The van der Waals surface area contributed by atoms with Crippen LogP contribution in [0.1, 0.15) is 50.5 Å². The van der Waals surface area contributed by atoms with Gasteiger partial charge in [0.1, 0.15) is 6.54 Å². The molecule has 0 saturated heterocycles. The Hall–Kier alpha value is -2.04. The van der Waals surface area contributed by atoms with Crippen molar-refractivity contribution in [3.05, 3.63) is 23.8 Å². The summed E-state index contributed by atoms with van der Waals surface area (Å²) in [6.07, 6.45) is 8.32. The van der Waals surface area contributed by atoms with Crippen LogP contribution in [0.25, 0.3) is 0 Å². The maximum Gasteiger partial charge on any atom is 0.331 e. The van der Waals surface area contributed by atoms with Crippen LogP contribution in [-0.4, -0.2) is 31.0 Å². The molecule has 1 aliphatic heterocycles. The Labute approximate surface area is 143 Å². The van der Waals surface area contributed by atoms with Crippen LogP contribution in [0, 0.1) is 6.92 Å². The molecule has 5 nitrogen and oxygen atoms in total. The highest BCUT2D eigenvalue weighted by Crippen LogP contribution is 2.32. The fourth-order valence-corrected chi connectivity index (χ4v) is 3.55. The van der Waals surface area contributed by atoms with E-state index in [1.165, 1.54) is 32.1 Å². The van der Waals surface area contributed by atoms with Crippen LogP contribution < -0.4 is 15.0 Å². The summed E-state index contributed by atoms with van der Waals surface area (Å²) in [5, 5.41) is 3.16. The van der Waals surface area contributed by atoms with Gasteiger partial charge in [-0.1, -0.05) is 38.2 Å². The number of benzene rings is 1. The number of carbonyl (C=O) groups is 2. The second-order valence-electron chi connectivity index (χ2n) is 6.91.